The van der Waals surface area contributed by atoms with E-state index in [1.807, 2.05) is 6.92 Å². The number of nitrogens with one attached hydrogen (secondary N) is 1. The van der Waals surface area contributed by atoms with Crippen molar-refractivity contribution in [2.75, 3.05) is 13.2 Å². The van der Waals surface area contributed by atoms with E-state index in [1.54, 1.807) is 0 Å². The van der Waals surface area contributed by atoms with Crippen molar-refractivity contribution in [2.24, 2.45) is 0 Å². The molecule has 0 saturated heterocycles. The van der Waals surface area contributed by atoms with E-state index in [0.717, 1.165) is 19.4 Å². The highest BCUT2D eigenvalue weighted by Crippen LogP contribution is 2.41. The smallest absolute Gasteiger partial charge is 0.246 e. The van der Waals surface area contributed by atoms with Crippen molar-refractivity contribution < 1.29 is 9.26 Å². The molecule has 0 radical (unpaired) electrons. The van der Waals surface area contributed by atoms with Crippen LogP contribution in [0, 0.1) is 0 Å². The first kappa shape index (κ1) is 14.5. The van der Waals surface area contributed by atoms with Crippen LogP contribution < -0.4 is 5.32 Å². The molecule has 2 rings (SSSR count). The average Bonchev–Trinajstić information content (AvgIpc) is 2.97. The van der Waals surface area contributed by atoms with Gasteiger partial charge < -0.3 is 14.6 Å². The van der Waals surface area contributed by atoms with E-state index in [0.29, 0.717) is 18.3 Å². The Morgan fingerprint density at radius 3 is 2.58 bits per heavy atom. The lowest BCUT2D eigenvalue weighted by Crippen LogP contribution is -2.37. The molecule has 1 N–H and O–H groups in total. The minimum Gasteiger partial charge on any atom is -0.367 e. The third-order valence-corrected chi connectivity index (χ3v) is 3.82. The third kappa shape index (κ3) is 2.82. The quantitative estimate of drug-likeness (QED) is 0.858. The minimum atomic E-state index is -0.321. The van der Waals surface area contributed by atoms with Gasteiger partial charge in [-0.25, -0.2) is 0 Å². The Morgan fingerprint density at radius 1 is 1.32 bits per heavy atom. The molecule has 0 amide bonds. The molecule has 1 fully saturated rings. The van der Waals surface area contributed by atoms with Crippen molar-refractivity contribution >= 4 is 0 Å². The van der Waals surface area contributed by atoms with Crippen LogP contribution in [-0.4, -0.2) is 23.3 Å². The van der Waals surface area contributed by atoms with E-state index in [2.05, 4.69) is 36.2 Å². The molecular formula is C14H25N3O2. The summed E-state index contributed by atoms with van der Waals surface area (Å²) < 4.78 is 11.4. The Hall–Kier alpha value is -0.940. The van der Waals surface area contributed by atoms with Gasteiger partial charge in [0.1, 0.15) is 5.60 Å². The largest absolute Gasteiger partial charge is 0.367 e. The van der Waals surface area contributed by atoms with E-state index in [1.165, 1.54) is 12.8 Å². The van der Waals surface area contributed by atoms with E-state index in [-0.39, 0.29) is 11.1 Å². The summed E-state index contributed by atoms with van der Waals surface area (Å²) in [7, 11) is 0. The van der Waals surface area contributed by atoms with Gasteiger partial charge in [0.05, 0.1) is 5.54 Å². The van der Waals surface area contributed by atoms with E-state index in [9.17, 15) is 0 Å². The first-order valence-electron chi connectivity index (χ1n) is 7.28. The normalized spacial score (nSPS) is 18.9. The number of hydrogen-bond donors (Lipinski definition) is 1. The molecule has 0 aromatic carbocycles. The first-order chi connectivity index (χ1) is 9.04. The van der Waals surface area contributed by atoms with E-state index in [4.69, 9.17) is 9.26 Å². The molecule has 0 spiro atoms. The lowest BCUT2D eigenvalue weighted by atomic mass is 10.0. The maximum absolute atomic E-state index is 5.96. The van der Waals surface area contributed by atoms with E-state index < -0.39 is 0 Å². The van der Waals surface area contributed by atoms with Gasteiger partial charge in [-0.3, -0.25) is 0 Å². The van der Waals surface area contributed by atoms with Crippen LogP contribution in [0.1, 0.15) is 65.1 Å². The molecule has 1 aliphatic rings. The Labute approximate surface area is 115 Å². The van der Waals surface area contributed by atoms with Crippen LogP contribution in [0.15, 0.2) is 4.52 Å². The number of nitrogens with zero attached hydrogens (tertiary/aromatic N) is 2. The third-order valence-electron chi connectivity index (χ3n) is 3.82. The van der Waals surface area contributed by atoms with Gasteiger partial charge in [0.25, 0.3) is 0 Å². The summed E-state index contributed by atoms with van der Waals surface area (Å²) in [6.07, 6.45) is 4.31. The molecule has 1 saturated carbocycles. The second-order valence-corrected chi connectivity index (χ2v) is 5.71. The van der Waals surface area contributed by atoms with Gasteiger partial charge in [-0.05, 0) is 53.0 Å². The SMILES string of the molecule is CCNC(C)(C)c1nc(C2(OCC)CCCC2)no1. The number of aromatic nitrogens is 2. The lowest BCUT2D eigenvalue weighted by molar-refractivity contribution is -0.0469. The van der Waals surface area contributed by atoms with Crippen LogP contribution in [-0.2, 0) is 15.9 Å². The molecule has 1 heterocycles. The Bertz CT molecular complexity index is 409. The van der Waals surface area contributed by atoms with Gasteiger partial charge in [-0.2, -0.15) is 4.98 Å². The van der Waals surface area contributed by atoms with E-state index >= 15 is 0 Å². The Kier molecular flexibility index (Phi) is 4.26. The van der Waals surface area contributed by atoms with Crippen LogP contribution in [0.3, 0.4) is 0 Å². The molecule has 0 unspecified atom stereocenters. The predicted octanol–water partition coefficient (Wildman–Crippen LogP) is 2.72. The summed E-state index contributed by atoms with van der Waals surface area (Å²) in [5, 5.41) is 7.54. The monoisotopic (exact) mass is 267 g/mol. The summed E-state index contributed by atoms with van der Waals surface area (Å²) in [5.74, 6) is 1.35. The van der Waals surface area contributed by atoms with Gasteiger partial charge in [0.15, 0.2) is 0 Å². The molecule has 1 aromatic rings. The zero-order chi connectivity index (χ0) is 13.9. The highest BCUT2D eigenvalue weighted by Gasteiger charge is 2.42. The highest BCUT2D eigenvalue weighted by molar-refractivity contribution is 5.08. The van der Waals surface area contributed by atoms with Crippen molar-refractivity contribution in [1.82, 2.24) is 15.5 Å². The van der Waals surface area contributed by atoms with Crippen molar-refractivity contribution in [3.05, 3.63) is 11.7 Å². The summed E-state index contributed by atoms with van der Waals surface area (Å²) in [6.45, 7) is 9.73. The molecule has 5 heteroatoms. The topological polar surface area (TPSA) is 60.2 Å². The fourth-order valence-corrected chi connectivity index (χ4v) is 2.83. The van der Waals surface area contributed by atoms with Crippen LogP contribution in [0.2, 0.25) is 0 Å². The summed E-state index contributed by atoms with van der Waals surface area (Å²) in [5.41, 5.74) is -0.620. The second kappa shape index (κ2) is 5.59. The van der Waals surface area contributed by atoms with Gasteiger partial charge in [-0.1, -0.05) is 12.1 Å². The predicted molar refractivity (Wildman–Crippen MR) is 72.8 cm³/mol. The van der Waals surface area contributed by atoms with Gasteiger partial charge in [0, 0.05) is 6.61 Å². The van der Waals surface area contributed by atoms with Crippen molar-refractivity contribution in [3.63, 3.8) is 0 Å². The van der Waals surface area contributed by atoms with Crippen LogP contribution in [0.5, 0.6) is 0 Å². The van der Waals surface area contributed by atoms with Gasteiger partial charge >= 0.3 is 0 Å². The molecule has 0 aliphatic heterocycles. The van der Waals surface area contributed by atoms with Crippen molar-refractivity contribution in [3.8, 4) is 0 Å². The maximum atomic E-state index is 5.96. The van der Waals surface area contributed by atoms with Crippen molar-refractivity contribution in [1.29, 1.82) is 0 Å². The standard InChI is InChI=1S/C14H25N3O2/c1-5-15-13(3,4)12-16-11(17-19-12)14(18-6-2)9-7-8-10-14/h15H,5-10H2,1-4H3. The number of rotatable bonds is 6. The number of hydrogen-bond acceptors (Lipinski definition) is 5. The Balaban J connectivity index is 2.24. The summed E-state index contributed by atoms with van der Waals surface area (Å²) >= 11 is 0. The molecule has 19 heavy (non-hydrogen) atoms. The molecule has 1 aromatic heterocycles. The molecule has 5 nitrogen and oxygen atoms in total. The summed E-state index contributed by atoms with van der Waals surface area (Å²) in [4.78, 5) is 4.61. The Morgan fingerprint density at radius 2 is 2.00 bits per heavy atom. The zero-order valence-corrected chi connectivity index (χ0v) is 12.5. The van der Waals surface area contributed by atoms with Gasteiger partial charge in [-0.15, -0.1) is 0 Å². The zero-order valence-electron chi connectivity index (χ0n) is 12.5. The average molecular weight is 267 g/mol. The van der Waals surface area contributed by atoms with Crippen molar-refractivity contribution in [2.45, 2.75) is 64.5 Å². The minimum absolute atomic E-state index is 0.300. The molecule has 1 aliphatic carbocycles. The molecule has 0 atom stereocenters. The van der Waals surface area contributed by atoms with Crippen LogP contribution in [0.4, 0.5) is 0 Å². The molecule has 108 valence electrons. The highest BCUT2D eigenvalue weighted by atomic mass is 16.5. The first-order valence-corrected chi connectivity index (χ1v) is 7.28. The summed E-state index contributed by atoms with van der Waals surface area (Å²) in [6, 6.07) is 0. The fraction of sp³-hybridized carbons (Fsp3) is 0.857. The molecule has 0 bridgehead atoms. The van der Waals surface area contributed by atoms with Crippen LogP contribution >= 0.6 is 0 Å². The molecular weight excluding hydrogens is 242 g/mol. The second-order valence-electron chi connectivity index (χ2n) is 5.71. The lowest BCUT2D eigenvalue weighted by Gasteiger charge is -2.25. The fourth-order valence-electron chi connectivity index (χ4n) is 2.83. The maximum Gasteiger partial charge on any atom is 0.246 e. The number of ether oxygens (including phenoxy) is 1. The van der Waals surface area contributed by atoms with Crippen LogP contribution in [0.25, 0.3) is 0 Å². The van der Waals surface area contributed by atoms with Gasteiger partial charge in [0.2, 0.25) is 11.7 Å².